The Labute approximate surface area is 117 Å². The molecule has 1 amide bonds. The third-order valence-corrected chi connectivity index (χ3v) is 4.67. The molecule has 5 heteroatoms. The number of thiophene rings is 1. The van der Waals surface area contributed by atoms with Crippen LogP contribution in [0.2, 0.25) is 0 Å². The number of carboxylic acids is 1. The van der Waals surface area contributed by atoms with E-state index in [2.05, 4.69) is 6.07 Å². The van der Waals surface area contributed by atoms with Crippen LogP contribution in [0, 0.1) is 5.41 Å². The Morgan fingerprint density at radius 3 is 2.89 bits per heavy atom. The van der Waals surface area contributed by atoms with Crippen LogP contribution in [0.5, 0.6) is 0 Å². The second-order valence-electron chi connectivity index (χ2n) is 5.36. The van der Waals surface area contributed by atoms with Crippen LogP contribution in [0.1, 0.15) is 31.1 Å². The number of amides is 1. The summed E-state index contributed by atoms with van der Waals surface area (Å²) in [6.07, 6.45) is 2.82. The van der Waals surface area contributed by atoms with Crippen molar-refractivity contribution in [2.75, 3.05) is 13.1 Å². The van der Waals surface area contributed by atoms with Crippen LogP contribution in [-0.4, -0.2) is 35.0 Å². The highest BCUT2D eigenvalue weighted by Gasteiger charge is 2.41. The normalized spacial score (nSPS) is 22.7. The summed E-state index contributed by atoms with van der Waals surface area (Å²) in [6, 6.07) is 4.09. The van der Waals surface area contributed by atoms with E-state index >= 15 is 0 Å². The van der Waals surface area contributed by atoms with Crippen LogP contribution in [0.3, 0.4) is 0 Å². The maximum Gasteiger partial charge on any atom is 0.311 e. The first-order valence-electron chi connectivity index (χ1n) is 6.55. The smallest absolute Gasteiger partial charge is 0.311 e. The Morgan fingerprint density at radius 2 is 2.32 bits per heavy atom. The minimum atomic E-state index is -0.804. The molecule has 1 saturated heterocycles. The van der Waals surface area contributed by atoms with Gasteiger partial charge in [-0.25, -0.2) is 0 Å². The molecule has 0 bridgehead atoms. The summed E-state index contributed by atoms with van der Waals surface area (Å²) in [4.78, 5) is 26.1. The average Bonchev–Trinajstić information content (AvgIpc) is 2.99. The Kier molecular flexibility index (Phi) is 4.24. The van der Waals surface area contributed by atoms with Crippen molar-refractivity contribution in [1.29, 1.82) is 0 Å². The molecule has 2 heterocycles. The second-order valence-corrected chi connectivity index (χ2v) is 6.40. The molecule has 1 aliphatic rings. The maximum atomic E-state index is 12.0. The molecule has 1 fully saturated rings. The zero-order valence-electron chi connectivity index (χ0n) is 11.1. The number of carbonyl (C=O) groups is 2. The maximum absolute atomic E-state index is 12.0. The van der Waals surface area contributed by atoms with E-state index in [9.17, 15) is 9.59 Å². The molecule has 1 aromatic rings. The van der Waals surface area contributed by atoms with E-state index in [0.29, 0.717) is 25.9 Å². The molecule has 4 nitrogen and oxygen atoms in total. The van der Waals surface area contributed by atoms with E-state index in [1.807, 2.05) is 11.4 Å². The van der Waals surface area contributed by atoms with Gasteiger partial charge in [-0.05, 0) is 37.6 Å². The molecule has 1 aromatic heterocycles. The number of rotatable bonds is 5. The first kappa shape index (κ1) is 14.1. The molecule has 1 atom stereocenters. The molecule has 1 N–H and O–H groups in total. The predicted octanol–water partition coefficient (Wildman–Crippen LogP) is 2.39. The lowest BCUT2D eigenvalue weighted by Gasteiger charge is -2.20. The van der Waals surface area contributed by atoms with Crippen LogP contribution in [0.25, 0.3) is 0 Å². The zero-order chi connectivity index (χ0) is 13.9. The van der Waals surface area contributed by atoms with Crippen molar-refractivity contribution in [3.05, 3.63) is 22.4 Å². The molecule has 2 rings (SSSR count). The predicted molar refractivity (Wildman–Crippen MR) is 74.2 cm³/mol. The number of hydrogen-bond acceptors (Lipinski definition) is 3. The van der Waals surface area contributed by atoms with Crippen LogP contribution in [0.15, 0.2) is 17.5 Å². The van der Waals surface area contributed by atoms with Crippen molar-refractivity contribution in [3.63, 3.8) is 0 Å². The Hall–Kier alpha value is -1.36. The van der Waals surface area contributed by atoms with Gasteiger partial charge in [0.1, 0.15) is 0 Å². The van der Waals surface area contributed by atoms with Crippen LogP contribution in [-0.2, 0) is 16.0 Å². The van der Waals surface area contributed by atoms with E-state index in [1.165, 1.54) is 4.88 Å². The van der Waals surface area contributed by atoms with Crippen molar-refractivity contribution >= 4 is 23.2 Å². The molecule has 0 spiro atoms. The summed E-state index contributed by atoms with van der Waals surface area (Å²) in [5.74, 6) is -0.720. The average molecular weight is 281 g/mol. The number of aryl methyl sites for hydroxylation is 1. The van der Waals surface area contributed by atoms with E-state index in [1.54, 1.807) is 23.2 Å². The van der Waals surface area contributed by atoms with Gasteiger partial charge in [-0.2, -0.15) is 0 Å². The Bertz CT molecular complexity index is 457. The Morgan fingerprint density at radius 1 is 1.53 bits per heavy atom. The summed E-state index contributed by atoms with van der Waals surface area (Å²) in [7, 11) is 0. The quantitative estimate of drug-likeness (QED) is 0.901. The molecular weight excluding hydrogens is 262 g/mol. The lowest BCUT2D eigenvalue weighted by atomic mass is 9.90. The monoisotopic (exact) mass is 281 g/mol. The summed E-state index contributed by atoms with van der Waals surface area (Å²) >= 11 is 1.71. The third kappa shape index (κ3) is 3.35. The van der Waals surface area contributed by atoms with Gasteiger partial charge >= 0.3 is 5.97 Å². The highest BCUT2D eigenvalue weighted by molar-refractivity contribution is 7.09. The Balaban J connectivity index is 1.77. The SMILES string of the molecule is CC1(C(=O)O)CCN(C(=O)CCCc2cccs2)C1. The lowest BCUT2D eigenvalue weighted by Crippen LogP contribution is -2.34. The summed E-state index contributed by atoms with van der Waals surface area (Å²) in [6.45, 7) is 2.63. The minimum absolute atomic E-state index is 0.0848. The fraction of sp³-hybridized carbons (Fsp3) is 0.571. The van der Waals surface area contributed by atoms with Crippen molar-refractivity contribution in [2.24, 2.45) is 5.41 Å². The van der Waals surface area contributed by atoms with Gasteiger partial charge < -0.3 is 10.0 Å². The van der Waals surface area contributed by atoms with Gasteiger partial charge in [0, 0.05) is 24.4 Å². The molecule has 0 saturated carbocycles. The second kappa shape index (κ2) is 5.74. The number of hydrogen-bond donors (Lipinski definition) is 1. The first-order valence-corrected chi connectivity index (χ1v) is 7.43. The topological polar surface area (TPSA) is 57.6 Å². The van der Waals surface area contributed by atoms with Crippen molar-refractivity contribution < 1.29 is 14.7 Å². The molecule has 19 heavy (non-hydrogen) atoms. The van der Waals surface area contributed by atoms with Crippen molar-refractivity contribution in [3.8, 4) is 0 Å². The van der Waals surface area contributed by atoms with Gasteiger partial charge in [0.05, 0.1) is 5.41 Å². The fourth-order valence-electron chi connectivity index (χ4n) is 2.38. The van der Waals surface area contributed by atoms with Gasteiger partial charge in [-0.1, -0.05) is 6.07 Å². The van der Waals surface area contributed by atoms with Gasteiger partial charge in [0.2, 0.25) is 5.91 Å². The van der Waals surface area contributed by atoms with Gasteiger partial charge in [-0.15, -0.1) is 11.3 Å². The number of likely N-dealkylation sites (tertiary alicyclic amines) is 1. The largest absolute Gasteiger partial charge is 0.481 e. The standard InChI is InChI=1S/C14H19NO3S/c1-14(13(17)18)7-8-15(10-14)12(16)6-2-4-11-5-3-9-19-11/h3,5,9H,2,4,6-8,10H2,1H3,(H,17,18). The first-order chi connectivity index (χ1) is 9.01. The minimum Gasteiger partial charge on any atom is -0.481 e. The molecule has 0 radical (unpaired) electrons. The number of carboxylic acid groups (broad SMARTS) is 1. The van der Waals surface area contributed by atoms with Gasteiger partial charge in [0.25, 0.3) is 0 Å². The molecule has 104 valence electrons. The van der Waals surface area contributed by atoms with E-state index in [4.69, 9.17) is 5.11 Å². The molecule has 0 aliphatic carbocycles. The zero-order valence-corrected chi connectivity index (χ0v) is 11.9. The van der Waals surface area contributed by atoms with E-state index in [0.717, 1.165) is 12.8 Å². The van der Waals surface area contributed by atoms with Crippen LogP contribution >= 0.6 is 11.3 Å². The fourth-order valence-corrected chi connectivity index (χ4v) is 3.13. The van der Waals surface area contributed by atoms with E-state index in [-0.39, 0.29) is 5.91 Å². The van der Waals surface area contributed by atoms with E-state index < -0.39 is 11.4 Å². The summed E-state index contributed by atoms with van der Waals surface area (Å²) < 4.78 is 0. The summed E-state index contributed by atoms with van der Waals surface area (Å²) in [5, 5.41) is 11.2. The van der Waals surface area contributed by atoms with Gasteiger partial charge in [0.15, 0.2) is 0 Å². The number of aliphatic carboxylic acids is 1. The molecule has 0 aromatic carbocycles. The molecule has 1 aliphatic heterocycles. The highest BCUT2D eigenvalue weighted by Crippen LogP contribution is 2.30. The molecular formula is C14H19NO3S. The third-order valence-electron chi connectivity index (χ3n) is 3.74. The van der Waals surface area contributed by atoms with Crippen LogP contribution < -0.4 is 0 Å². The number of nitrogens with zero attached hydrogens (tertiary/aromatic N) is 1. The highest BCUT2D eigenvalue weighted by atomic mass is 32.1. The number of carbonyl (C=O) groups excluding carboxylic acids is 1. The van der Waals surface area contributed by atoms with Crippen LogP contribution in [0.4, 0.5) is 0 Å². The lowest BCUT2D eigenvalue weighted by molar-refractivity contribution is -0.147. The van der Waals surface area contributed by atoms with Gasteiger partial charge in [-0.3, -0.25) is 9.59 Å². The van der Waals surface area contributed by atoms with Crippen molar-refractivity contribution in [2.45, 2.75) is 32.6 Å². The van der Waals surface area contributed by atoms with Crippen molar-refractivity contribution in [1.82, 2.24) is 4.90 Å². The summed E-state index contributed by atoms with van der Waals surface area (Å²) in [5.41, 5.74) is -0.761. The molecule has 1 unspecified atom stereocenters.